The number of ether oxygens (including phenoxy) is 1. The number of benzene rings is 1. The summed E-state index contributed by atoms with van der Waals surface area (Å²) in [6.45, 7) is 0.328. The average Bonchev–Trinajstić information content (AvgIpc) is 2.57. The Kier molecular flexibility index (Phi) is 5.22. The second-order valence-corrected chi connectivity index (χ2v) is 6.29. The number of nitrogens with zero attached hydrogens (tertiary/aromatic N) is 2. The van der Waals surface area contributed by atoms with Gasteiger partial charge in [-0.2, -0.15) is 26.3 Å². The van der Waals surface area contributed by atoms with E-state index >= 15 is 0 Å². The van der Waals surface area contributed by atoms with E-state index in [0.717, 1.165) is 30.5 Å². The summed E-state index contributed by atoms with van der Waals surface area (Å²) < 4.78 is 80.9. The van der Waals surface area contributed by atoms with Crippen molar-refractivity contribution in [2.45, 2.75) is 24.9 Å². The van der Waals surface area contributed by atoms with Crippen LogP contribution in [-0.4, -0.2) is 35.0 Å². The summed E-state index contributed by atoms with van der Waals surface area (Å²) in [5.74, 6) is -0.494. The minimum atomic E-state index is -4.51. The number of hydrogen-bond donors (Lipinski definition) is 0. The number of carbonyl (C=O) groups excluding carboxylic acids is 1. The van der Waals surface area contributed by atoms with E-state index in [1.165, 1.54) is 17.0 Å². The highest BCUT2D eigenvalue weighted by Crippen LogP contribution is 2.31. The van der Waals surface area contributed by atoms with Crippen LogP contribution in [0.25, 0.3) is 0 Å². The Morgan fingerprint density at radius 2 is 1.61 bits per heavy atom. The largest absolute Gasteiger partial charge is 0.471 e. The maximum absolute atomic E-state index is 12.7. The molecule has 0 atom stereocenters. The van der Waals surface area contributed by atoms with Crippen molar-refractivity contribution in [2.24, 2.45) is 0 Å². The fourth-order valence-corrected chi connectivity index (χ4v) is 2.64. The summed E-state index contributed by atoms with van der Waals surface area (Å²) in [4.78, 5) is 17.3. The molecule has 1 aliphatic rings. The molecule has 1 aliphatic heterocycles. The van der Waals surface area contributed by atoms with Gasteiger partial charge in [0.2, 0.25) is 11.8 Å². The zero-order valence-electron chi connectivity index (χ0n) is 14.2. The fraction of sp³-hybridized carbons (Fsp3) is 0.333. The van der Waals surface area contributed by atoms with Crippen molar-refractivity contribution < 1.29 is 35.9 Å². The molecule has 1 aromatic heterocycles. The number of rotatable bonds is 4. The minimum absolute atomic E-state index is 0.0767. The summed E-state index contributed by atoms with van der Waals surface area (Å²) in [5, 5.41) is 0. The lowest BCUT2D eigenvalue weighted by molar-refractivity contribution is -0.139. The Bertz CT molecular complexity index is 842. The number of likely N-dealkylation sites (tertiary alicyclic amines) is 1. The monoisotopic (exact) mass is 404 g/mol. The third kappa shape index (κ3) is 4.73. The number of carbonyl (C=O) groups is 1. The van der Waals surface area contributed by atoms with Crippen LogP contribution in [0.2, 0.25) is 0 Å². The van der Waals surface area contributed by atoms with E-state index in [-0.39, 0.29) is 31.3 Å². The molecule has 1 saturated heterocycles. The molecule has 1 amide bonds. The molecule has 10 heteroatoms. The number of aromatic nitrogens is 1. The van der Waals surface area contributed by atoms with Gasteiger partial charge in [0.15, 0.2) is 0 Å². The SMILES string of the molecule is O=C(Cc1ccc(C(F)(F)F)cc1)N1CC(Oc2cc(C(F)(F)F)ccn2)C1. The Labute approximate surface area is 155 Å². The first-order chi connectivity index (χ1) is 13.0. The van der Waals surface area contributed by atoms with Gasteiger partial charge in [0.25, 0.3) is 0 Å². The predicted octanol–water partition coefficient (Wildman–Crippen LogP) is 3.95. The molecule has 0 unspecified atom stereocenters. The highest BCUT2D eigenvalue weighted by molar-refractivity contribution is 5.79. The van der Waals surface area contributed by atoms with Crippen molar-refractivity contribution in [1.82, 2.24) is 9.88 Å². The van der Waals surface area contributed by atoms with Crippen LogP contribution < -0.4 is 4.74 Å². The molecule has 150 valence electrons. The lowest BCUT2D eigenvalue weighted by atomic mass is 10.1. The van der Waals surface area contributed by atoms with Crippen molar-refractivity contribution in [3.63, 3.8) is 0 Å². The zero-order chi connectivity index (χ0) is 20.5. The number of hydrogen-bond acceptors (Lipinski definition) is 3. The highest BCUT2D eigenvalue weighted by Gasteiger charge is 2.34. The Hall–Kier alpha value is -2.78. The van der Waals surface area contributed by atoms with Crippen molar-refractivity contribution in [3.05, 3.63) is 59.3 Å². The second kappa shape index (κ2) is 7.33. The molecule has 0 spiro atoms. The van der Waals surface area contributed by atoms with Crippen LogP contribution in [-0.2, 0) is 23.6 Å². The molecule has 2 aromatic rings. The van der Waals surface area contributed by atoms with Crippen molar-refractivity contribution >= 4 is 5.91 Å². The maximum atomic E-state index is 12.7. The van der Waals surface area contributed by atoms with Crippen LogP contribution in [0.5, 0.6) is 5.88 Å². The molecule has 0 aliphatic carbocycles. The average molecular weight is 404 g/mol. The van der Waals surface area contributed by atoms with Gasteiger partial charge in [-0.25, -0.2) is 4.98 Å². The summed E-state index contributed by atoms with van der Waals surface area (Å²) in [7, 11) is 0. The van der Waals surface area contributed by atoms with E-state index in [2.05, 4.69) is 4.98 Å². The van der Waals surface area contributed by atoms with Gasteiger partial charge in [0.05, 0.1) is 30.6 Å². The smallest absolute Gasteiger partial charge is 0.416 e. The maximum Gasteiger partial charge on any atom is 0.416 e. The predicted molar refractivity (Wildman–Crippen MR) is 85.4 cm³/mol. The van der Waals surface area contributed by atoms with Gasteiger partial charge in [-0.05, 0) is 23.8 Å². The van der Waals surface area contributed by atoms with E-state index in [0.29, 0.717) is 5.56 Å². The van der Waals surface area contributed by atoms with E-state index in [9.17, 15) is 31.1 Å². The van der Waals surface area contributed by atoms with Gasteiger partial charge < -0.3 is 9.64 Å². The molecule has 4 nitrogen and oxygen atoms in total. The van der Waals surface area contributed by atoms with Crippen LogP contribution in [0.15, 0.2) is 42.6 Å². The third-order valence-corrected chi connectivity index (χ3v) is 4.19. The Morgan fingerprint density at radius 1 is 1.00 bits per heavy atom. The van der Waals surface area contributed by atoms with E-state index in [1.54, 1.807) is 0 Å². The molecule has 2 heterocycles. The summed E-state index contributed by atoms with van der Waals surface area (Å²) in [6, 6.07) is 5.90. The molecule has 1 aromatic carbocycles. The van der Waals surface area contributed by atoms with Crippen LogP contribution in [0, 0.1) is 0 Å². The van der Waals surface area contributed by atoms with Crippen molar-refractivity contribution in [2.75, 3.05) is 13.1 Å². The number of pyridine rings is 1. The van der Waals surface area contributed by atoms with Crippen LogP contribution in [0.3, 0.4) is 0 Å². The van der Waals surface area contributed by atoms with E-state index in [1.807, 2.05) is 0 Å². The van der Waals surface area contributed by atoms with Crippen molar-refractivity contribution in [3.8, 4) is 5.88 Å². The first-order valence-corrected chi connectivity index (χ1v) is 8.16. The van der Waals surface area contributed by atoms with Crippen molar-refractivity contribution in [1.29, 1.82) is 0 Å². The summed E-state index contributed by atoms with van der Waals surface area (Å²) in [5.41, 5.74) is -1.25. The molecule has 1 fully saturated rings. The topological polar surface area (TPSA) is 42.4 Å². The normalized spacial score (nSPS) is 15.3. The van der Waals surface area contributed by atoms with Gasteiger partial charge in [-0.1, -0.05) is 12.1 Å². The van der Waals surface area contributed by atoms with Crippen LogP contribution >= 0.6 is 0 Å². The van der Waals surface area contributed by atoms with E-state index < -0.39 is 29.6 Å². The van der Waals surface area contributed by atoms with Gasteiger partial charge >= 0.3 is 12.4 Å². The van der Waals surface area contributed by atoms with Crippen LogP contribution in [0.4, 0.5) is 26.3 Å². The zero-order valence-corrected chi connectivity index (χ0v) is 14.2. The Balaban J connectivity index is 1.50. The molecule has 3 rings (SSSR count). The number of halogens is 6. The number of amides is 1. The lowest BCUT2D eigenvalue weighted by Gasteiger charge is -2.38. The molecule has 0 bridgehead atoms. The van der Waals surface area contributed by atoms with Gasteiger partial charge in [0, 0.05) is 12.3 Å². The second-order valence-electron chi connectivity index (χ2n) is 6.29. The molecule has 0 saturated carbocycles. The van der Waals surface area contributed by atoms with Gasteiger partial charge in [0.1, 0.15) is 6.10 Å². The highest BCUT2D eigenvalue weighted by atomic mass is 19.4. The quantitative estimate of drug-likeness (QED) is 0.725. The molecule has 0 radical (unpaired) electrons. The van der Waals surface area contributed by atoms with Gasteiger partial charge in [-0.3, -0.25) is 4.79 Å². The Morgan fingerprint density at radius 3 is 2.18 bits per heavy atom. The summed E-state index contributed by atoms with van der Waals surface area (Å²) in [6.07, 6.45) is -8.53. The first kappa shape index (κ1) is 20.0. The molecule has 28 heavy (non-hydrogen) atoms. The first-order valence-electron chi connectivity index (χ1n) is 8.16. The third-order valence-electron chi connectivity index (χ3n) is 4.19. The fourth-order valence-electron chi connectivity index (χ4n) is 2.64. The summed E-state index contributed by atoms with van der Waals surface area (Å²) >= 11 is 0. The van der Waals surface area contributed by atoms with E-state index in [4.69, 9.17) is 4.74 Å². The van der Waals surface area contributed by atoms with Crippen LogP contribution in [0.1, 0.15) is 16.7 Å². The molecule has 0 N–H and O–H groups in total. The molecular formula is C18H14F6N2O2. The number of alkyl halides is 6. The molecular weight excluding hydrogens is 390 g/mol. The van der Waals surface area contributed by atoms with Gasteiger partial charge in [-0.15, -0.1) is 0 Å². The minimum Gasteiger partial charge on any atom is -0.471 e. The lowest BCUT2D eigenvalue weighted by Crippen LogP contribution is -2.56. The standard InChI is InChI=1S/C18H14F6N2O2/c19-17(20,21)12-3-1-11(2-4-12)7-16(27)26-9-14(10-26)28-15-8-13(5-6-25-15)18(22,23)24/h1-6,8,14H,7,9-10H2.